The minimum atomic E-state index is 0. The molecule has 0 saturated heterocycles. The largest absolute Gasteiger partial charge is 0 e. The average molecular weight is 462 g/mol. The molecule has 4 heteroatoms. The second kappa shape index (κ2) is 16.3. The SMILES string of the molecule is [Mo].[Nb].[W].[Y]. The third kappa shape index (κ3) is 8.97. The average Bonchev–Trinajstić information content (AvgIpc) is 0. The van der Waals surface area contributed by atoms with Gasteiger partial charge in [-0.2, -0.15) is 0 Å². The molecule has 0 aliphatic heterocycles. The summed E-state index contributed by atoms with van der Waals surface area (Å²) >= 11 is 0. The Labute approximate surface area is 95.2 Å². The van der Waals surface area contributed by atoms with Crippen LogP contribution in [0.3, 0.4) is 0 Å². The Balaban J connectivity index is 0. The van der Waals surface area contributed by atoms with Gasteiger partial charge in [0.2, 0.25) is 0 Å². The second-order valence-corrected chi connectivity index (χ2v) is 0. The molecule has 0 atom stereocenters. The summed E-state index contributed by atoms with van der Waals surface area (Å²) in [5.74, 6) is 0. The predicted molar refractivity (Wildman–Crippen MR) is 0 cm³/mol. The molecule has 0 unspecified atom stereocenters. The van der Waals surface area contributed by atoms with Gasteiger partial charge in [0.25, 0.3) is 0 Å². The molecule has 0 bridgehead atoms. The quantitative estimate of drug-likeness (QED) is 0.446. The summed E-state index contributed by atoms with van der Waals surface area (Å²) in [5, 5.41) is 0. The fourth-order valence-electron chi connectivity index (χ4n) is 0. The Hall–Kier alpha value is 3.22. The van der Waals surface area contributed by atoms with Crippen LogP contribution >= 0.6 is 0 Å². The third-order valence-electron chi connectivity index (χ3n) is 0. The van der Waals surface area contributed by atoms with Crippen molar-refractivity contribution in [3.63, 3.8) is 0 Å². The van der Waals surface area contributed by atoms with Crippen LogP contribution in [0.15, 0.2) is 0 Å². The third-order valence-corrected chi connectivity index (χ3v) is 0. The zero-order chi connectivity index (χ0) is 0. The van der Waals surface area contributed by atoms with Crippen molar-refractivity contribution in [1.82, 2.24) is 0 Å². The van der Waals surface area contributed by atoms with Crippen LogP contribution in [0.2, 0.25) is 0 Å². The molecule has 0 aromatic rings. The van der Waals surface area contributed by atoms with Gasteiger partial charge in [-0.3, -0.25) is 0 Å². The molecule has 4 heavy (non-hydrogen) atoms. The maximum Gasteiger partial charge on any atom is 0 e. The summed E-state index contributed by atoms with van der Waals surface area (Å²) in [4.78, 5) is 0. The monoisotopic (exact) mass is 464 g/mol. The smallest absolute Gasteiger partial charge is 0 e. The molecule has 0 heterocycles. The molecule has 0 aliphatic carbocycles. The fraction of sp³-hybridized carbons (Fsp3) is 0. The Morgan fingerprint density at radius 1 is 1.00 bits per heavy atom. The van der Waals surface area contributed by atoms with Crippen molar-refractivity contribution < 1.29 is 97.2 Å². The number of hydrogen-bond acceptors (Lipinski definition) is 0. The standard InChI is InChI=1S/Mo.Nb.W.Y. The number of rotatable bonds is 0. The maximum atomic E-state index is 0. The van der Waals surface area contributed by atoms with E-state index >= 15 is 0 Å². The van der Waals surface area contributed by atoms with Crippen molar-refractivity contribution >= 4 is 0 Å². The summed E-state index contributed by atoms with van der Waals surface area (Å²) in [6.07, 6.45) is 0. The minimum Gasteiger partial charge on any atom is 0 e. The van der Waals surface area contributed by atoms with Gasteiger partial charge < -0.3 is 0 Å². The second-order valence-electron chi connectivity index (χ2n) is 0. The van der Waals surface area contributed by atoms with Gasteiger partial charge in [-0.25, -0.2) is 0 Å². The Kier molecular flexibility index (Phi) is 110. The Bertz CT molecular complexity index is 8.00. The molecule has 0 saturated carbocycles. The zero-order valence-electron chi connectivity index (χ0n) is 1.84. The molecule has 0 amide bonds. The first-order valence-electron chi connectivity index (χ1n) is 0. The molecule has 0 aromatic carbocycles. The van der Waals surface area contributed by atoms with E-state index in [4.69, 9.17) is 0 Å². The summed E-state index contributed by atoms with van der Waals surface area (Å²) in [6, 6.07) is 0. The van der Waals surface area contributed by atoms with Crippen molar-refractivity contribution in [3.05, 3.63) is 0 Å². The minimum absolute atomic E-state index is 0. The maximum absolute atomic E-state index is 0. The van der Waals surface area contributed by atoms with Crippen molar-refractivity contribution in [2.24, 2.45) is 0 Å². The predicted octanol–water partition coefficient (Wildman–Crippen LogP) is -0.0100. The van der Waals surface area contributed by atoms with Crippen molar-refractivity contribution in [1.29, 1.82) is 0 Å². The van der Waals surface area contributed by atoms with Crippen LogP contribution in [0.5, 0.6) is 0 Å². The zero-order valence-corrected chi connectivity index (χ0v) is 11.8. The van der Waals surface area contributed by atoms with Crippen LogP contribution in [-0.4, -0.2) is 0 Å². The molecule has 20 valence electrons. The van der Waals surface area contributed by atoms with Gasteiger partial charge >= 0.3 is 0 Å². The summed E-state index contributed by atoms with van der Waals surface area (Å²) < 4.78 is 0. The first-order valence-corrected chi connectivity index (χ1v) is 0. The van der Waals surface area contributed by atoms with Gasteiger partial charge in [0.1, 0.15) is 0 Å². The Morgan fingerprint density at radius 2 is 1.00 bits per heavy atom. The van der Waals surface area contributed by atoms with E-state index in [2.05, 4.69) is 0 Å². The van der Waals surface area contributed by atoms with Crippen molar-refractivity contribution in [2.45, 2.75) is 0 Å². The topological polar surface area (TPSA) is 0 Å². The van der Waals surface area contributed by atoms with E-state index in [-0.39, 0.29) is 97.2 Å². The van der Waals surface area contributed by atoms with Crippen LogP contribution in [0, 0.1) is 0 Å². The van der Waals surface area contributed by atoms with E-state index in [1.54, 1.807) is 0 Å². The first-order chi connectivity index (χ1) is 0. The van der Waals surface area contributed by atoms with E-state index in [0.29, 0.717) is 0 Å². The molecular formula is MoNbWY. The fourth-order valence-corrected chi connectivity index (χ4v) is 0. The molecule has 0 fully saturated rings. The van der Waals surface area contributed by atoms with E-state index in [0.717, 1.165) is 0 Å². The van der Waals surface area contributed by atoms with Gasteiger partial charge in [0, 0.05) is 97.2 Å². The Morgan fingerprint density at radius 3 is 1.00 bits per heavy atom. The molecule has 0 rings (SSSR count). The molecule has 0 aliphatic rings. The van der Waals surface area contributed by atoms with Gasteiger partial charge in [-0.05, 0) is 0 Å². The molecule has 0 N–H and O–H groups in total. The van der Waals surface area contributed by atoms with Crippen LogP contribution in [0.4, 0.5) is 0 Å². The normalized spacial score (nSPS) is 0. The van der Waals surface area contributed by atoms with Crippen molar-refractivity contribution in [3.8, 4) is 0 Å². The van der Waals surface area contributed by atoms with Crippen LogP contribution in [0.1, 0.15) is 0 Å². The van der Waals surface area contributed by atoms with Crippen LogP contribution in [-0.2, 0) is 97.2 Å². The van der Waals surface area contributed by atoms with Crippen LogP contribution in [0.25, 0.3) is 0 Å². The van der Waals surface area contributed by atoms with Gasteiger partial charge in [0.15, 0.2) is 0 Å². The van der Waals surface area contributed by atoms with Crippen LogP contribution < -0.4 is 0 Å². The van der Waals surface area contributed by atoms with E-state index < -0.39 is 0 Å². The van der Waals surface area contributed by atoms with E-state index in [9.17, 15) is 0 Å². The molecular weight excluding hydrogens is 462 g/mol. The van der Waals surface area contributed by atoms with Gasteiger partial charge in [-0.1, -0.05) is 0 Å². The summed E-state index contributed by atoms with van der Waals surface area (Å²) in [5.41, 5.74) is 0. The van der Waals surface area contributed by atoms with E-state index in [1.165, 1.54) is 0 Å². The van der Waals surface area contributed by atoms with Gasteiger partial charge in [-0.15, -0.1) is 0 Å². The summed E-state index contributed by atoms with van der Waals surface area (Å²) in [7, 11) is 0. The molecule has 0 nitrogen and oxygen atoms in total. The van der Waals surface area contributed by atoms with E-state index in [1.807, 2.05) is 0 Å². The van der Waals surface area contributed by atoms with Gasteiger partial charge in [0.05, 0.1) is 0 Å². The number of hydrogen-bond donors (Lipinski definition) is 0. The summed E-state index contributed by atoms with van der Waals surface area (Å²) in [6.45, 7) is 0. The van der Waals surface area contributed by atoms with Crippen molar-refractivity contribution in [2.75, 3.05) is 0 Å². The molecule has 0 aromatic heterocycles. The molecule has 0 spiro atoms. The first kappa shape index (κ1) is 26.9. The molecule has 2 radical (unpaired) electrons.